The van der Waals surface area contributed by atoms with Crippen molar-refractivity contribution in [2.24, 2.45) is 0 Å². The summed E-state index contributed by atoms with van der Waals surface area (Å²) in [6, 6.07) is 14.9. The number of nitrogens with zero attached hydrogens (tertiary/aromatic N) is 1. The zero-order valence-corrected chi connectivity index (χ0v) is 15.7. The van der Waals surface area contributed by atoms with Crippen molar-refractivity contribution in [2.45, 2.75) is 18.5 Å². The van der Waals surface area contributed by atoms with Crippen LogP contribution in [0.5, 0.6) is 0 Å². The number of aliphatic hydroxyl groups is 1. The highest BCUT2D eigenvalue weighted by atomic mass is 32.2. The Morgan fingerprint density at radius 1 is 1.07 bits per heavy atom. The molecule has 4 rings (SSSR count). The lowest BCUT2D eigenvalue weighted by atomic mass is 10.1. The van der Waals surface area contributed by atoms with Crippen molar-refractivity contribution in [3.8, 4) is 11.1 Å². The van der Waals surface area contributed by atoms with E-state index in [0.29, 0.717) is 6.42 Å². The molecule has 1 saturated heterocycles. The summed E-state index contributed by atoms with van der Waals surface area (Å²) in [6.45, 7) is -0.0934. The number of sulfone groups is 1. The van der Waals surface area contributed by atoms with E-state index in [0.717, 1.165) is 22.3 Å². The fourth-order valence-corrected chi connectivity index (χ4v) is 5.83. The van der Waals surface area contributed by atoms with Crippen molar-refractivity contribution >= 4 is 15.9 Å². The summed E-state index contributed by atoms with van der Waals surface area (Å²) in [4.78, 5) is 14.5. The third-order valence-electron chi connectivity index (χ3n) is 5.35. The molecule has 27 heavy (non-hydrogen) atoms. The van der Waals surface area contributed by atoms with Gasteiger partial charge in [-0.2, -0.15) is 0 Å². The molecule has 1 heterocycles. The average Bonchev–Trinajstić information content (AvgIpc) is 3.18. The summed E-state index contributed by atoms with van der Waals surface area (Å²) < 4.78 is 23.6. The predicted octanol–water partition coefficient (Wildman–Crippen LogP) is 1.95. The topological polar surface area (TPSA) is 86.7 Å². The van der Waals surface area contributed by atoms with E-state index in [1.165, 1.54) is 4.90 Å². The van der Waals surface area contributed by atoms with Gasteiger partial charge in [-0.25, -0.2) is 13.2 Å². The van der Waals surface area contributed by atoms with E-state index in [-0.39, 0.29) is 36.7 Å². The van der Waals surface area contributed by atoms with Crippen LogP contribution in [0.25, 0.3) is 11.1 Å². The Balaban J connectivity index is 1.62. The van der Waals surface area contributed by atoms with E-state index in [2.05, 4.69) is 5.32 Å². The minimum atomic E-state index is -3.12. The summed E-state index contributed by atoms with van der Waals surface area (Å²) in [6.07, 6.45) is 0.410. The molecule has 7 heteroatoms. The van der Waals surface area contributed by atoms with E-state index in [1.54, 1.807) is 0 Å². The number of nitrogens with one attached hydrogen (secondary N) is 1. The maximum absolute atomic E-state index is 13.0. The highest BCUT2D eigenvalue weighted by Crippen LogP contribution is 2.43. The van der Waals surface area contributed by atoms with Gasteiger partial charge in [0, 0.05) is 12.6 Å². The van der Waals surface area contributed by atoms with Crippen molar-refractivity contribution in [3.63, 3.8) is 0 Å². The standard InChI is InChI=1S/C20H22N2O4S/c23-11-10-22(14-9-12-27(25,26)13-14)20(24)21-19-17-7-3-1-5-15(17)16-6-2-4-8-18(16)19/h1-8,14,19,23H,9-13H2,(H,21,24). The molecule has 0 saturated carbocycles. The molecule has 2 aliphatic rings. The van der Waals surface area contributed by atoms with Crippen LogP contribution in [0.15, 0.2) is 48.5 Å². The highest BCUT2D eigenvalue weighted by molar-refractivity contribution is 7.91. The van der Waals surface area contributed by atoms with E-state index >= 15 is 0 Å². The Kier molecular flexibility index (Phi) is 4.65. The number of fused-ring (bicyclic) bond motifs is 3. The van der Waals surface area contributed by atoms with E-state index in [9.17, 15) is 18.3 Å². The van der Waals surface area contributed by atoms with Gasteiger partial charge in [0.05, 0.1) is 24.2 Å². The third-order valence-corrected chi connectivity index (χ3v) is 7.10. The van der Waals surface area contributed by atoms with Crippen LogP contribution in [0.4, 0.5) is 4.79 Å². The molecule has 1 fully saturated rings. The van der Waals surface area contributed by atoms with Crippen LogP contribution in [0, 0.1) is 0 Å². The van der Waals surface area contributed by atoms with Crippen molar-refractivity contribution in [1.29, 1.82) is 0 Å². The predicted molar refractivity (Wildman–Crippen MR) is 103 cm³/mol. The summed E-state index contributed by atoms with van der Waals surface area (Å²) >= 11 is 0. The van der Waals surface area contributed by atoms with E-state index in [1.807, 2.05) is 48.5 Å². The van der Waals surface area contributed by atoms with Gasteiger partial charge >= 0.3 is 6.03 Å². The number of benzene rings is 2. The number of aliphatic hydroxyl groups excluding tert-OH is 1. The molecule has 2 amide bonds. The van der Waals surface area contributed by atoms with E-state index < -0.39 is 15.9 Å². The van der Waals surface area contributed by atoms with Gasteiger partial charge in [0.25, 0.3) is 0 Å². The Morgan fingerprint density at radius 2 is 1.67 bits per heavy atom. The lowest BCUT2D eigenvalue weighted by Gasteiger charge is -2.29. The number of urea groups is 1. The normalized spacial score (nSPS) is 20.1. The molecule has 0 spiro atoms. The van der Waals surface area contributed by atoms with Gasteiger partial charge in [0.1, 0.15) is 0 Å². The second-order valence-corrected chi connectivity index (χ2v) is 9.26. The van der Waals surface area contributed by atoms with Gasteiger partial charge in [-0.3, -0.25) is 0 Å². The maximum atomic E-state index is 13.0. The molecule has 1 atom stereocenters. The SMILES string of the molecule is O=C(NC1c2ccccc2-c2ccccc21)N(CCO)C1CCS(=O)(=O)C1. The van der Waals surface area contributed by atoms with Gasteiger partial charge < -0.3 is 15.3 Å². The van der Waals surface area contributed by atoms with Crippen LogP contribution in [0.2, 0.25) is 0 Å². The Hall–Kier alpha value is -2.38. The molecule has 2 N–H and O–H groups in total. The molecular weight excluding hydrogens is 364 g/mol. The fourth-order valence-electron chi connectivity index (χ4n) is 4.10. The second-order valence-electron chi connectivity index (χ2n) is 7.03. The van der Waals surface area contributed by atoms with Crippen molar-refractivity contribution in [1.82, 2.24) is 10.2 Å². The first-order valence-electron chi connectivity index (χ1n) is 9.07. The van der Waals surface area contributed by atoms with Crippen molar-refractivity contribution in [3.05, 3.63) is 59.7 Å². The Bertz CT molecular complexity index is 928. The van der Waals surface area contributed by atoms with Crippen LogP contribution in [0.1, 0.15) is 23.6 Å². The van der Waals surface area contributed by atoms with Gasteiger partial charge in [-0.15, -0.1) is 0 Å². The van der Waals surface area contributed by atoms with Crippen molar-refractivity contribution in [2.75, 3.05) is 24.7 Å². The summed E-state index contributed by atoms with van der Waals surface area (Å²) in [5.74, 6) is 0.0419. The quantitative estimate of drug-likeness (QED) is 0.841. The zero-order chi connectivity index (χ0) is 19.0. The molecule has 6 nitrogen and oxygen atoms in total. The van der Waals surface area contributed by atoms with Crippen LogP contribution >= 0.6 is 0 Å². The first-order valence-corrected chi connectivity index (χ1v) is 10.9. The van der Waals surface area contributed by atoms with E-state index in [4.69, 9.17) is 0 Å². The maximum Gasteiger partial charge on any atom is 0.318 e. The molecule has 1 unspecified atom stereocenters. The van der Waals surface area contributed by atoms with Gasteiger partial charge in [0.2, 0.25) is 0 Å². The number of rotatable bonds is 4. The van der Waals surface area contributed by atoms with Crippen molar-refractivity contribution < 1.29 is 18.3 Å². The third kappa shape index (κ3) is 3.33. The average molecular weight is 386 g/mol. The minimum Gasteiger partial charge on any atom is -0.395 e. The fraction of sp³-hybridized carbons (Fsp3) is 0.350. The molecule has 1 aliphatic carbocycles. The molecule has 2 aromatic rings. The first-order chi connectivity index (χ1) is 13.0. The number of amides is 2. The minimum absolute atomic E-state index is 0.0434. The van der Waals surface area contributed by atoms with Crippen LogP contribution in [-0.2, 0) is 9.84 Å². The summed E-state index contributed by atoms with van der Waals surface area (Å²) in [5, 5.41) is 12.4. The molecule has 1 aliphatic heterocycles. The zero-order valence-electron chi connectivity index (χ0n) is 14.8. The highest BCUT2D eigenvalue weighted by Gasteiger charge is 2.36. The number of carbonyl (C=O) groups excluding carboxylic acids is 1. The lowest BCUT2D eigenvalue weighted by Crippen LogP contribution is -2.48. The van der Waals surface area contributed by atoms with Crippen LogP contribution < -0.4 is 5.32 Å². The Labute approximate surface area is 158 Å². The smallest absolute Gasteiger partial charge is 0.318 e. The molecule has 142 valence electrons. The van der Waals surface area contributed by atoms with Gasteiger partial charge in [-0.05, 0) is 28.7 Å². The summed E-state index contributed by atoms with van der Waals surface area (Å²) in [5.41, 5.74) is 4.23. The lowest BCUT2D eigenvalue weighted by molar-refractivity contribution is 0.156. The molecule has 0 bridgehead atoms. The summed E-state index contributed by atoms with van der Waals surface area (Å²) in [7, 11) is -3.12. The van der Waals surface area contributed by atoms with Gasteiger partial charge in [0.15, 0.2) is 9.84 Å². The monoisotopic (exact) mass is 386 g/mol. The first kappa shape index (κ1) is 18.0. The molecule has 2 aromatic carbocycles. The number of carbonyl (C=O) groups is 1. The largest absolute Gasteiger partial charge is 0.395 e. The number of hydrogen-bond donors (Lipinski definition) is 2. The molecule has 0 radical (unpaired) electrons. The van der Waals surface area contributed by atoms with Crippen LogP contribution in [-0.4, -0.2) is 55.2 Å². The number of hydrogen-bond acceptors (Lipinski definition) is 4. The van der Waals surface area contributed by atoms with Crippen LogP contribution in [0.3, 0.4) is 0 Å². The Morgan fingerprint density at radius 3 is 2.19 bits per heavy atom. The molecule has 0 aromatic heterocycles. The second kappa shape index (κ2) is 6.98. The molecular formula is C20H22N2O4S. The van der Waals surface area contributed by atoms with Gasteiger partial charge in [-0.1, -0.05) is 48.5 Å².